The molecule has 0 saturated heterocycles. The van der Waals surface area contributed by atoms with Gasteiger partial charge in [0.05, 0.1) is 28.9 Å². The second-order valence-corrected chi connectivity index (χ2v) is 9.30. The van der Waals surface area contributed by atoms with Gasteiger partial charge in [-0.05, 0) is 35.4 Å². The first kappa shape index (κ1) is 22.9. The molecule has 0 radical (unpaired) electrons. The molecule has 0 aliphatic carbocycles. The van der Waals surface area contributed by atoms with Gasteiger partial charge in [0.15, 0.2) is 0 Å². The molecule has 0 saturated carbocycles. The van der Waals surface area contributed by atoms with Crippen LogP contribution in [-0.2, 0) is 16.6 Å². The molecular formula is C27H23N3O3S. The van der Waals surface area contributed by atoms with E-state index in [1.54, 1.807) is 54.6 Å². The van der Waals surface area contributed by atoms with E-state index in [1.165, 1.54) is 10.5 Å². The fourth-order valence-corrected chi connectivity index (χ4v) is 4.91. The molecule has 0 aliphatic rings. The number of hydrazone groups is 1. The third kappa shape index (κ3) is 5.39. The van der Waals surface area contributed by atoms with Crippen LogP contribution in [0.5, 0.6) is 0 Å². The molecule has 1 amide bonds. The molecule has 6 nitrogen and oxygen atoms in total. The molecule has 4 aromatic rings. The van der Waals surface area contributed by atoms with E-state index in [-0.39, 0.29) is 22.7 Å². The summed E-state index contributed by atoms with van der Waals surface area (Å²) >= 11 is 0. The molecule has 0 fully saturated rings. The lowest BCUT2D eigenvalue weighted by Crippen LogP contribution is -2.33. The molecule has 0 aliphatic heterocycles. The van der Waals surface area contributed by atoms with E-state index in [0.717, 1.165) is 11.1 Å². The Kier molecular flexibility index (Phi) is 7.15. The molecule has 0 bridgehead atoms. The van der Waals surface area contributed by atoms with Gasteiger partial charge in [0.2, 0.25) is 0 Å². The van der Waals surface area contributed by atoms with Crippen molar-refractivity contribution in [2.45, 2.75) is 11.4 Å². The number of carbonyl (C=O) groups is 1. The van der Waals surface area contributed by atoms with E-state index >= 15 is 0 Å². The number of hydrogen-bond donors (Lipinski definition) is 1. The van der Waals surface area contributed by atoms with Gasteiger partial charge < -0.3 is 0 Å². The van der Waals surface area contributed by atoms with Crippen LogP contribution in [0.1, 0.15) is 21.5 Å². The van der Waals surface area contributed by atoms with Crippen molar-refractivity contribution in [2.24, 2.45) is 5.10 Å². The van der Waals surface area contributed by atoms with Crippen molar-refractivity contribution in [3.63, 3.8) is 0 Å². The van der Waals surface area contributed by atoms with Crippen molar-refractivity contribution in [3.8, 4) is 0 Å². The van der Waals surface area contributed by atoms with Crippen LogP contribution in [-0.4, -0.2) is 20.5 Å². The Bertz CT molecular complexity index is 1370. The standard InChI is InChI=1S/C27H23N3O3S/c31-27(29-28-20-22-12-4-1-5-13-22)25-18-10-11-19-26(25)30(21-23-14-6-2-7-15-23)34(32,33)24-16-8-3-9-17-24/h1-20H,21H2,(H,29,31). The minimum Gasteiger partial charge on any atom is -0.267 e. The number of benzene rings is 4. The highest BCUT2D eigenvalue weighted by Gasteiger charge is 2.28. The maximum Gasteiger partial charge on any atom is 0.273 e. The van der Waals surface area contributed by atoms with Crippen LogP contribution in [0.3, 0.4) is 0 Å². The number of amides is 1. The second kappa shape index (κ2) is 10.6. The third-order valence-electron chi connectivity index (χ3n) is 5.10. The van der Waals surface area contributed by atoms with Crippen LogP contribution in [0, 0.1) is 0 Å². The minimum atomic E-state index is -3.96. The largest absolute Gasteiger partial charge is 0.273 e. The van der Waals surface area contributed by atoms with Gasteiger partial charge in [-0.15, -0.1) is 0 Å². The van der Waals surface area contributed by atoms with Gasteiger partial charge in [-0.25, -0.2) is 13.8 Å². The molecule has 4 aromatic carbocycles. The lowest BCUT2D eigenvalue weighted by atomic mass is 10.1. The molecule has 1 N–H and O–H groups in total. The summed E-state index contributed by atoms with van der Waals surface area (Å²) in [5.41, 5.74) is 4.59. The number of rotatable bonds is 8. The summed E-state index contributed by atoms with van der Waals surface area (Å²) in [5, 5.41) is 4.03. The zero-order valence-electron chi connectivity index (χ0n) is 18.3. The fourth-order valence-electron chi connectivity index (χ4n) is 3.42. The first-order valence-corrected chi connectivity index (χ1v) is 12.1. The highest BCUT2D eigenvalue weighted by atomic mass is 32.2. The summed E-state index contributed by atoms with van der Waals surface area (Å²) in [7, 11) is -3.96. The summed E-state index contributed by atoms with van der Waals surface area (Å²) in [5.74, 6) is -0.510. The maximum atomic E-state index is 13.7. The van der Waals surface area contributed by atoms with Crippen molar-refractivity contribution >= 4 is 27.8 Å². The molecule has 0 aromatic heterocycles. The van der Waals surface area contributed by atoms with Crippen LogP contribution in [0.2, 0.25) is 0 Å². The first-order chi connectivity index (χ1) is 16.6. The Labute approximate surface area is 199 Å². The normalized spacial score (nSPS) is 11.3. The third-order valence-corrected chi connectivity index (χ3v) is 6.87. The van der Waals surface area contributed by atoms with Crippen molar-refractivity contribution < 1.29 is 13.2 Å². The molecule has 34 heavy (non-hydrogen) atoms. The van der Waals surface area contributed by atoms with Crippen molar-refractivity contribution in [1.29, 1.82) is 0 Å². The number of hydrogen-bond acceptors (Lipinski definition) is 4. The topological polar surface area (TPSA) is 78.8 Å². The number of para-hydroxylation sites is 1. The Balaban J connectivity index is 1.71. The van der Waals surface area contributed by atoms with E-state index in [2.05, 4.69) is 10.5 Å². The number of nitrogens with one attached hydrogen (secondary N) is 1. The first-order valence-electron chi connectivity index (χ1n) is 10.6. The predicted octanol–water partition coefficient (Wildman–Crippen LogP) is 4.85. The highest BCUT2D eigenvalue weighted by Crippen LogP contribution is 2.29. The summed E-state index contributed by atoms with van der Waals surface area (Å²) in [6.07, 6.45) is 1.53. The van der Waals surface area contributed by atoms with Crippen molar-refractivity contribution in [1.82, 2.24) is 5.43 Å². The Hall–Kier alpha value is -4.23. The number of sulfonamides is 1. The van der Waals surface area contributed by atoms with Crippen LogP contribution in [0.15, 0.2) is 125 Å². The number of carbonyl (C=O) groups excluding carboxylic acids is 1. The number of nitrogens with zero attached hydrogens (tertiary/aromatic N) is 2. The van der Waals surface area contributed by atoms with E-state index < -0.39 is 15.9 Å². The predicted molar refractivity (Wildman–Crippen MR) is 134 cm³/mol. The lowest BCUT2D eigenvalue weighted by molar-refractivity contribution is 0.0956. The molecule has 0 spiro atoms. The zero-order chi connectivity index (χ0) is 23.8. The van der Waals surface area contributed by atoms with Gasteiger partial charge in [-0.1, -0.05) is 91.0 Å². The summed E-state index contributed by atoms with van der Waals surface area (Å²) in [4.78, 5) is 13.2. The van der Waals surface area contributed by atoms with E-state index in [4.69, 9.17) is 0 Å². The van der Waals surface area contributed by atoms with E-state index in [1.807, 2.05) is 60.7 Å². The smallest absolute Gasteiger partial charge is 0.267 e. The number of anilines is 1. The highest BCUT2D eigenvalue weighted by molar-refractivity contribution is 7.92. The lowest BCUT2D eigenvalue weighted by Gasteiger charge is -2.26. The van der Waals surface area contributed by atoms with Crippen LogP contribution in [0.4, 0.5) is 5.69 Å². The fraction of sp³-hybridized carbons (Fsp3) is 0.0370. The van der Waals surface area contributed by atoms with E-state index in [9.17, 15) is 13.2 Å². The quantitative estimate of drug-likeness (QED) is 0.296. The van der Waals surface area contributed by atoms with Crippen molar-refractivity contribution in [2.75, 3.05) is 4.31 Å². The van der Waals surface area contributed by atoms with Gasteiger partial charge >= 0.3 is 0 Å². The maximum absolute atomic E-state index is 13.7. The van der Waals surface area contributed by atoms with Gasteiger partial charge in [0, 0.05) is 0 Å². The summed E-state index contributed by atoms with van der Waals surface area (Å²) < 4.78 is 28.6. The molecule has 7 heteroatoms. The van der Waals surface area contributed by atoms with Crippen LogP contribution >= 0.6 is 0 Å². The van der Waals surface area contributed by atoms with E-state index in [0.29, 0.717) is 0 Å². The van der Waals surface area contributed by atoms with Gasteiger partial charge in [0.1, 0.15) is 0 Å². The molecule has 0 heterocycles. The van der Waals surface area contributed by atoms with Crippen molar-refractivity contribution in [3.05, 3.63) is 132 Å². The molecule has 170 valence electrons. The second-order valence-electron chi connectivity index (χ2n) is 7.44. The SMILES string of the molecule is O=C(NN=Cc1ccccc1)c1ccccc1N(Cc1ccccc1)S(=O)(=O)c1ccccc1. The summed E-state index contributed by atoms with van der Waals surface area (Å²) in [6.45, 7) is 0.0651. The zero-order valence-corrected chi connectivity index (χ0v) is 19.1. The Morgan fingerprint density at radius 1 is 0.765 bits per heavy atom. The molecule has 0 unspecified atom stereocenters. The minimum absolute atomic E-state index is 0.0651. The van der Waals surface area contributed by atoms with Crippen LogP contribution in [0.25, 0.3) is 0 Å². The van der Waals surface area contributed by atoms with Gasteiger partial charge in [0.25, 0.3) is 15.9 Å². The van der Waals surface area contributed by atoms with Gasteiger partial charge in [-0.3, -0.25) is 9.10 Å². The Morgan fingerprint density at radius 3 is 2.00 bits per heavy atom. The van der Waals surface area contributed by atoms with Gasteiger partial charge in [-0.2, -0.15) is 5.10 Å². The molecule has 4 rings (SSSR count). The summed E-state index contributed by atoms with van der Waals surface area (Å²) in [6, 6.07) is 33.4. The Morgan fingerprint density at radius 2 is 1.32 bits per heavy atom. The average Bonchev–Trinajstić information content (AvgIpc) is 2.89. The molecule has 0 atom stereocenters. The monoisotopic (exact) mass is 469 g/mol. The molecular weight excluding hydrogens is 446 g/mol. The average molecular weight is 470 g/mol. The van der Waals surface area contributed by atoms with Crippen LogP contribution < -0.4 is 9.73 Å².